The number of fused-ring (bicyclic) bond motifs is 2. The van der Waals surface area contributed by atoms with Crippen molar-refractivity contribution in [3.63, 3.8) is 0 Å². The lowest BCUT2D eigenvalue weighted by atomic mass is 9.95. The van der Waals surface area contributed by atoms with E-state index in [0.29, 0.717) is 11.7 Å². The molecule has 1 unspecified atom stereocenters. The summed E-state index contributed by atoms with van der Waals surface area (Å²) in [7, 11) is 0. The van der Waals surface area contributed by atoms with E-state index in [1.165, 1.54) is 11.1 Å². The molecule has 2 aromatic carbocycles. The quantitative estimate of drug-likeness (QED) is 0.797. The third-order valence-electron chi connectivity index (χ3n) is 4.46. The number of amides is 1. The van der Waals surface area contributed by atoms with E-state index >= 15 is 0 Å². The van der Waals surface area contributed by atoms with E-state index in [9.17, 15) is 4.79 Å². The van der Waals surface area contributed by atoms with Gasteiger partial charge in [0.15, 0.2) is 5.11 Å². The molecule has 0 aliphatic carbocycles. The highest BCUT2D eigenvalue weighted by Gasteiger charge is 2.44. The van der Waals surface area contributed by atoms with Crippen molar-refractivity contribution in [2.75, 3.05) is 0 Å². The van der Waals surface area contributed by atoms with Crippen molar-refractivity contribution < 1.29 is 4.79 Å². The number of carbonyl (C=O) groups is 1. The standard InChI is InChI=1S/C18H16N2OS/c21-17-16-10-14-8-4-5-9-15(14)12-19(16)18(22)20(17)11-13-6-2-1-3-7-13/h1-9,16H,10-12H2. The second kappa shape index (κ2) is 5.21. The lowest BCUT2D eigenvalue weighted by molar-refractivity contribution is -0.128. The van der Waals surface area contributed by atoms with Crippen LogP contribution in [-0.2, 0) is 24.3 Å². The monoisotopic (exact) mass is 308 g/mol. The van der Waals surface area contributed by atoms with E-state index in [0.717, 1.165) is 18.5 Å². The molecule has 1 fully saturated rings. The van der Waals surface area contributed by atoms with Crippen LogP contribution in [0.25, 0.3) is 0 Å². The van der Waals surface area contributed by atoms with Crippen molar-refractivity contribution in [3.05, 3.63) is 71.3 Å². The van der Waals surface area contributed by atoms with Gasteiger partial charge in [0, 0.05) is 13.0 Å². The highest BCUT2D eigenvalue weighted by molar-refractivity contribution is 7.80. The molecule has 110 valence electrons. The Morgan fingerprint density at radius 2 is 1.68 bits per heavy atom. The molecular formula is C18H16N2OS. The van der Waals surface area contributed by atoms with Crippen LogP contribution in [0.1, 0.15) is 16.7 Å². The van der Waals surface area contributed by atoms with Crippen LogP contribution in [0, 0.1) is 0 Å². The van der Waals surface area contributed by atoms with Crippen LogP contribution in [0.4, 0.5) is 0 Å². The molecular weight excluding hydrogens is 292 g/mol. The van der Waals surface area contributed by atoms with Gasteiger partial charge in [-0.05, 0) is 28.9 Å². The molecule has 0 saturated carbocycles. The fourth-order valence-corrected chi connectivity index (χ4v) is 3.63. The zero-order chi connectivity index (χ0) is 15.1. The molecule has 2 aromatic rings. The Hall–Kier alpha value is -2.20. The van der Waals surface area contributed by atoms with Crippen molar-refractivity contribution in [2.45, 2.75) is 25.6 Å². The van der Waals surface area contributed by atoms with Gasteiger partial charge in [0.05, 0.1) is 6.54 Å². The zero-order valence-corrected chi connectivity index (χ0v) is 12.9. The number of rotatable bonds is 2. The van der Waals surface area contributed by atoms with Crippen LogP contribution in [0.3, 0.4) is 0 Å². The largest absolute Gasteiger partial charge is 0.332 e. The minimum absolute atomic E-state index is 0.128. The Bertz CT molecular complexity index is 701. The van der Waals surface area contributed by atoms with Gasteiger partial charge in [-0.15, -0.1) is 0 Å². The molecule has 0 radical (unpaired) electrons. The summed E-state index contributed by atoms with van der Waals surface area (Å²) in [5.41, 5.74) is 3.65. The van der Waals surface area contributed by atoms with Gasteiger partial charge in [-0.1, -0.05) is 54.6 Å². The number of hydrogen-bond donors (Lipinski definition) is 0. The molecule has 3 nitrogen and oxygen atoms in total. The van der Waals surface area contributed by atoms with Crippen LogP contribution in [0.15, 0.2) is 54.6 Å². The van der Waals surface area contributed by atoms with Gasteiger partial charge in [-0.2, -0.15) is 0 Å². The first kappa shape index (κ1) is 13.5. The first-order chi connectivity index (χ1) is 10.7. The average molecular weight is 308 g/mol. The van der Waals surface area contributed by atoms with E-state index < -0.39 is 0 Å². The predicted molar refractivity (Wildman–Crippen MR) is 89.1 cm³/mol. The maximum Gasteiger partial charge on any atom is 0.252 e. The molecule has 1 atom stereocenters. The lowest BCUT2D eigenvalue weighted by Gasteiger charge is -2.30. The number of carbonyl (C=O) groups excluding carboxylic acids is 1. The van der Waals surface area contributed by atoms with E-state index in [4.69, 9.17) is 12.2 Å². The average Bonchev–Trinajstić information content (AvgIpc) is 2.79. The molecule has 0 aromatic heterocycles. The van der Waals surface area contributed by atoms with Crippen molar-refractivity contribution >= 4 is 23.2 Å². The summed E-state index contributed by atoms with van der Waals surface area (Å²) < 4.78 is 0. The molecule has 4 heteroatoms. The smallest absolute Gasteiger partial charge is 0.252 e. The second-order valence-corrected chi connectivity index (χ2v) is 6.17. The summed E-state index contributed by atoms with van der Waals surface area (Å²) in [6.45, 7) is 1.29. The molecule has 2 aliphatic heterocycles. The Morgan fingerprint density at radius 1 is 1.00 bits per heavy atom. The van der Waals surface area contributed by atoms with Gasteiger partial charge in [-0.25, -0.2) is 0 Å². The number of thiocarbonyl (C=S) groups is 1. The highest BCUT2D eigenvalue weighted by Crippen LogP contribution is 2.30. The fraction of sp³-hybridized carbons (Fsp3) is 0.222. The van der Waals surface area contributed by atoms with Crippen LogP contribution >= 0.6 is 12.2 Å². The van der Waals surface area contributed by atoms with Crippen LogP contribution in [-0.4, -0.2) is 26.9 Å². The van der Waals surface area contributed by atoms with Crippen LogP contribution in [0.5, 0.6) is 0 Å². The number of hydrogen-bond acceptors (Lipinski definition) is 2. The van der Waals surface area contributed by atoms with E-state index in [-0.39, 0.29) is 11.9 Å². The molecule has 2 heterocycles. The SMILES string of the molecule is O=C1C2Cc3ccccc3CN2C(=S)N1Cc1ccccc1. The van der Waals surface area contributed by atoms with Crippen LogP contribution < -0.4 is 0 Å². The normalized spacial score (nSPS) is 20.1. The molecule has 1 saturated heterocycles. The molecule has 0 N–H and O–H groups in total. The molecule has 0 bridgehead atoms. The van der Waals surface area contributed by atoms with Crippen LogP contribution in [0.2, 0.25) is 0 Å². The predicted octanol–water partition coefficient (Wildman–Crippen LogP) is 2.74. The van der Waals surface area contributed by atoms with Gasteiger partial charge in [0.2, 0.25) is 0 Å². The lowest BCUT2D eigenvalue weighted by Crippen LogP contribution is -2.39. The van der Waals surface area contributed by atoms with E-state index in [1.807, 2.05) is 42.5 Å². The highest BCUT2D eigenvalue weighted by atomic mass is 32.1. The summed E-state index contributed by atoms with van der Waals surface area (Å²) in [4.78, 5) is 16.6. The van der Waals surface area contributed by atoms with Gasteiger partial charge < -0.3 is 4.90 Å². The maximum absolute atomic E-state index is 12.8. The Kier molecular flexibility index (Phi) is 3.19. The summed E-state index contributed by atoms with van der Waals surface area (Å²) in [6, 6.07) is 18.2. The number of benzene rings is 2. The van der Waals surface area contributed by atoms with Crippen molar-refractivity contribution in [3.8, 4) is 0 Å². The van der Waals surface area contributed by atoms with E-state index in [1.54, 1.807) is 4.90 Å². The Balaban J connectivity index is 1.62. The minimum atomic E-state index is -0.133. The third-order valence-corrected chi connectivity index (χ3v) is 4.91. The van der Waals surface area contributed by atoms with Crippen molar-refractivity contribution in [1.82, 2.24) is 9.80 Å². The topological polar surface area (TPSA) is 23.6 Å². The first-order valence-corrected chi connectivity index (χ1v) is 7.87. The summed E-state index contributed by atoms with van der Waals surface area (Å²) in [6.07, 6.45) is 0.750. The van der Waals surface area contributed by atoms with Gasteiger partial charge in [-0.3, -0.25) is 9.69 Å². The first-order valence-electron chi connectivity index (χ1n) is 7.47. The maximum atomic E-state index is 12.8. The Labute approximate surface area is 135 Å². The molecule has 0 spiro atoms. The molecule has 2 aliphatic rings. The van der Waals surface area contributed by atoms with E-state index in [2.05, 4.69) is 17.0 Å². The minimum Gasteiger partial charge on any atom is -0.332 e. The second-order valence-electron chi connectivity index (χ2n) is 5.81. The molecule has 1 amide bonds. The summed E-state index contributed by atoms with van der Waals surface area (Å²) in [5, 5.41) is 0.661. The van der Waals surface area contributed by atoms with Gasteiger partial charge >= 0.3 is 0 Å². The fourth-order valence-electron chi connectivity index (χ4n) is 3.29. The summed E-state index contributed by atoms with van der Waals surface area (Å²) in [5.74, 6) is 0.128. The zero-order valence-electron chi connectivity index (χ0n) is 12.1. The third kappa shape index (κ3) is 2.11. The molecule has 22 heavy (non-hydrogen) atoms. The number of nitrogens with zero attached hydrogens (tertiary/aromatic N) is 2. The van der Waals surface area contributed by atoms with Gasteiger partial charge in [0.1, 0.15) is 6.04 Å². The van der Waals surface area contributed by atoms with Gasteiger partial charge in [0.25, 0.3) is 5.91 Å². The molecule has 4 rings (SSSR count). The Morgan fingerprint density at radius 3 is 2.45 bits per heavy atom. The van der Waals surface area contributed by atoms with Crippen molar-refractivity contribution in [2.24, 2.45) is 0 Å². The summed E-state index contributed by atoms with van der Waals surface area (Å²) >= 11 is 5.57. The van der Waals surface area contributed by atoms with Crippen molar-refractivity contribution in [1.29, 1.82) is 0 Å².